The minimum Gasteiger partial charge on any atom is -0.258 e. The van der Waals surface area contributed by atoms with Crippen LogP contribution in [0.15, 0.2) is 18.2 Å². The Labute approximate surface area is 85.6 Å². The van der Waals surface area contributed by atoms with E-state index in [9.17, 15) is 32.1 Å². The Bertz CT molecular complexity index is 415. The van der Waals surface area contributed by atoms with E-state index in [-0.39, 0.29) is 6.07 Å². The molecule has 16 heavy (non-hydrogen) atoms. The number of rotatable bonds is 2. The van der Waals surface area contributed by atoms with Crippen LogP contribution in [0, 0.1) is 16.2 Å². The molecule has 8 heteroatoms. The maximum atomic E-state index is 12.7. The van der Waals surface area contributed by atoms with Crippen LogP contribution < -0.4 is 0 Å². The summed E-state index contributed by atoms with van der Waals surface area (Å²) in [4.78, 5) is 9.08. The van der Waals surface area contributed by atoms with Crippen molar-refractivity contribution >= 4 is 5.69 Å². The third-order valence-corrected chi connectivity index (χ3v) is 1.70. The monoisotopic (exact) mass is 240 g/mol. The van der Waals surface area contributed by atoms with Crippen molar-refractivity contribution in [3.05, 3.63) is 39.9 Å². The minimum atomic E-state index is -5.79. The number of benzene rings is 1. The molecule has 0 fully saturated rings. The number of alkyl halides is 5. The van der Waals surface area contributed by atoms with E-state index in [0.717, 1.165) is 0 Å². The highest BCUT2D eigenvalue weighted by atomic mass is 19.4. The van der Waals surface area contributed by atoms with Crippen LogP contribution in [0.5, 0.6) is 0 Å². The van der Waals surface area contributed by atoms with E-state index in [1.165, 1.54) is 0 Å². The maximum absolute atomic E-state index is 12.7. The minimum absolute atomic E-state index is 0.146. The Morgan fingerprint density at radius 1 is 1.25 bits per heavy atom. The topological polar surface area (TPSA) is 43.1 Å². The lowest BCUT2D eigenvalue weighted by molar-refractivity contribution is -0.385. The zero-order valence-corrected chi connectivity index (χ0v) is 7.39. The van der Waals surface area contributed by atoms with Crippen molar-refractivity contribution in [1.29, 1.82) is 0 Å². The van der Waals surface area contributed by atoms with Gasteiger partial charge < -0.3 is 0 Å². The third kappa shape index (κ3) is 2.10. The van der Waals surface area contributed by atoms with Crippen LogP contribution in [-0.4, -0.2) is 11.1 Å². The van der Waals surface area contributed by atoms with Gasteiger partial charge in [-0.2, -0.15) is 22.0 Å². The van der Waals surface area contributed by atoms with Gasteiger partial charge in [-0.15, -0.1) is 0 Å². The molecule has 0 atom stereocenters. The Balaban J connectivity index is 3.24. The van der Waals surface area contributed by atoms with Crippen molar-refractivity contribution in [1.82, 2.24) is 0 Å². The van der Waals surface area contributed by atoms with Crippen LogP contribution in [0.3, 0.4) is 0 Å². The molecule has 0 bridgehead atoms. The van der Waals surface area contributed by atoms with E-state index in [4.69, 9.17) is 0 Å². The number of hydrogen-bond acceptors (Lipinski definition) is 2. The Morgan fingerprint density at radius 2 is 1.81 bits per heavy atom. The first-order valence-corrected chi connectivity index (χ1v) is 3.77. The summed E-state index contributed by atoms with van der Waals surface area (Å²) in [5.74, 6) is -5.12. The smallest absolute Gasteiger partial charge is 0.258 e. The fraction of sp³-hybridized carbons (Fsp3) is 0.250. The van der Waals surface area contributed by atoms with Gasteiger partial charge in [-0.05, 0) is 6.07 Å². The molecule has 0 spiro atoms. The first-order chi connectivity index (χ1) is 7.16. The van der Waals surface area contributed by atoms with Crippen molar-refractivity contribution < 1.29 is 26.9 Å². The molecule has 0 aromatic heterocycles. The molecule has 0 saturated carbocycles. The lowest BCUT2D eigenvalue weighted by atomic mass is 10.1. The number of hydrogen-bond donors (Lipinski definition) is 0. The van der Waals surface area contributed by atoms with Crippen molar-refractivity contribution in [2.24, 2.45) is 0 Å². The summed E-state index contributed by atoms with van der Waals surface area (Å²) < 4.78 is 61.3. The molecule has 0 aliphatic carbocycles. The van der Waals surface area contributed by atoms with Gasteiger partial charge in [-0.3, -0.25) is 10.1 Å². The second kappa shape index (κ2) is 3.69. The van der Waals surface area contributed by atoms with E-state index in [1.807, 2.05) is 6.07 Å². The molecule has 3 nitrogen and oxygen atoms in total. The molecule has 0 saturated heterocycles. The average Bonchev–Trinajstić information content (AvgIpc) is 2.16. The summed E-state index contributed by atoms with van der Waals surface area (Å²) in [5, 5.41) is 10.2. The van der Waals surface area contributed by atoms with Gasteiger partial charge in [0, 0.05) is 11.6 Å². The van der Waals surface area contributed by atoms with E-state index in [2.05, 4.69) is 0 Å². The van der Waals surface area contributed by atoms with E-state index in [1.54, 1.807) is 0 Å². The van der Waals surface area contributed by atoms with Gasteiger partial charge in [0.15, 0.2) is 0 Å². The predicted octanol–water partition coefficient (Wildman–Crippen LogP) is 3.05. The Hall–Kier alpha value is -1.73. The van der Waals surface area contributed by atoms with Crippen LogP contribution in [-0.2, 0) is 5.92 Å². The molecule has 0 aliphatic rings. The zero-order valence-electron chi connectivity index (χ0n) is 7.39. The zero-order chi connectivity index (χ0) is 12.6. The molecule has 0 aliphatic heterocycles. The summed E-state index contributed by atoms with van der Waals surface area (Å²) in [6, 6.07) is 3.16. The number of nitrogens with zero attached hydrogens (tertiary/aromatic N) is 1. The summed E-state index contributed by atoms with van der Waals surface area (Å²) in [5.41, 5.74) is -2.42. The lowest BCUT2D eigenvalue weighted by Crippen LogP contribution is -2.33. The predicted molar refractivity (Wildman–Crippen MR) is 41.9 cm³/mol. The second-order valence-electron chi connectivity index (χ2n) is 2.79. The Kier molecular flexibility index (Phi) is 2.85. The first kappa shape index (κ1) is 12.3. The molecular weight excluding hydrogens is 237 g/mol. The lowest BCUT2D eigenvalue weighted by Gasteiger charge is -2.19. The second-order valence-corrected chi connectivity index (χ2v) is 2.79. The molecule has 1 aromatic carbocycles. The van der Waals surface area contributed by atoms with Gasteiger partial charge >= 0.3 is 12.1 Å². The van der Waals surface area contributed by atoms with E-state index >= 15 is 0 Å². The quantitative estimate of drug-likeness (QED) is 0.453. The third-order valence-electron chi connectivity index (χ3n) is 1.70. The normalized spacial score (nSPS) is 12.6. The van der Waals surface area contributed by atoms with Gasteiger partial charge in [-0.1, -0.05) is 6.07 Å². The Morgan fingerprint density at radius 3 is 2.25 bits per heavy atom. The van der Waals surface area contributed by atoms with Crippen LogP contribution in [0.1, 0.15) is 5.56 Å². The summed E-state index contributed by atoms with van der Waals surface area (Å²) >= 11 is 0. The summed E-state index contributed by atoms with van der Waals surface area (Å²) in [6.07, 6.45) is -5.79. The fourth-order valence-corrected chi connectivity index (χ4v) is 0.918. The highest BCUT2D eigenvalue weighted by Gasteiger charge is 2.58. The molecule has 0 unspecified atom stereocenters. The number of nitro groups is 1. The first-order valence-electron chi connectivity index (χ1n) is 3.77. The highest BCUT2D eigenvalue weighted by molar-refractivity contribution is 5.35. The van der Waals surface area contributed by atoms with Crippen LogP contribution in [0.25, 0.3) is 0 Å². The van der Waals surface area contributed by atoms with E-state index < -0.39 is 28.3 Å². The van der Waals surface area contributed by atoms with Gasteiger partial charge in [0.25, 0.3) is 5.69 Å². The molecule has 87 valence electrons. The maximum Gasteiger partial charge on any atom is 0.458 e. The number of nitro benzene ring substituents is 1. The SMILES string of the molecule is O=[N+]([O-])c1[c]ccc(C(F)(F)C(F)(F)F)c1. The summed E-state index contributed by atoms with van der Waals surface area (Å²) in [7, 11) is 0. The fourth-order valence-electron chi connectivity index (χ4n) is 0.918. The van der Waals surface area contributed by atoms with Gasteiger partial charge in [0.05, 0.1) is 11.0 Å². The van der Waals surface area contributed by atoms with Crippen LogP contribution in [0.4, 0.5) is 27.6 Å². The summed E-state index contributed by atoms with van der Waals surface area (Å²) in [6.45, 7) is 0. The van der Waals surface area contributed by atoms with Gasteiger partial charge in [0.2, 0.25) is 0 Å². The van der Waals surface area contributed by atoms with Crippen LogP contribution in [0.2, 0.25) is 0 Å². The molecule has 1 radical (unpaired) electrons. The molecule has 0 N–H and O–H groups in total. The number of halogens is 5. The van der Waals surface area contributed by atoms with Crippen molar-refractivity contribution in [3.8, 4) is 0 Å². The van der Waals surface area contributed by atoms with Crippen molar-refractivity contribution in [2.45, 2.75) is 12.1 Å². The van der Waals surface area contributed by atoms with Crippen molar-refractivity contribution in [2.75, 3.05) is 0 Å². The molecule has 0 heterocycles. The standard InChI is InChI=1S/C8H3F5NO2/c9-7(10,8(11,12)13)5-2-1-3-6(4-5)14(15)16/h1-2,4H. The van der Waals surface area contributed by atoms with Gasteiger partial charge in [0.1, 0.15) is 0 Å². The van der Waals surface area contributed by atoms with Crippen molar-refractivity contribution in [3.63, 3.8) is 0 Å². The van der Waals surface area contributed by atoms with Crippen LogP contribution >= 0.6 is 0 Å². The van der Waals surface area contributed by atoms with E-state index in [0.29, 0.717) is 12.1 Å². The largest absolute Gasteiger partial charge is 0.458 e. The highest BCUT2D eigenvalue weighted by Crippen LogP contribution is 2.44. The molecule has 0 amide bonds. The molecule has 1 aromatic rings. The average molecular weight is 240 g/mol. The molecular formula is C8H3F5NO2. The number of non-ortho nitro benzene ring substituents is 1. The van der Waals surface area contributed by atoms with Gasteiger partial charge in [-0.25, -0.2) is 0 Å². The molecule has 1 rings (SSSR count).